The summed E-state index contributed by atoms with van der Waals surface area (Å²) in [6.45, 7) is 4.69. The summed E-state index contributed by atoms with van der Waals surface area (Å²) in [5.74, 6) is -0.250. The van der Waals surface area contributed by atoms with Gasteiger partial charge in [-0.1, -0.05) is 6.07 Å². The number of aryl methyl sites for hydroxylation is 2. The summed E-state index contributed by atoms with van der Waals surface area (Å²) in [5.41, 5.74) is 2.85. The molecule has 102 valence electrons. The first-order chi connectivity index (χ1) is 9.08. The average molecular weight is 260 g/mol. The maximum atomic E-state index is 12.1. The van der Waals surface area contributed by atoms with Gasteiger partial charge in [-0.3, -0.25) is 9.59 Å². The highest BCUT2D eigenvalue weighted by molar-refractivity contribution is 5.97. The van der Waals surface area contributed by atoms with Gasteiger partial charge >= 0.3 is 0 Å². The maximum absolute atomic E-state index is 12.1. The van der Waals surface area contributed by atoms with E-state index >= 15 is 0 Å². The number of hydrogen-bond acceptors (Lipinski definition) is 2. The third kappa shape index (κ3) is 3.34. The Hall–Kier alpha value is -1.84. The van der Waals surface area contributed by atoms with Crippen LogP contribution in [0.4, 0.5) is 0 Å². The third-order valence-corrected chi connectivity index (χ3v) is 3.61. The standard InChI is InChI=1S/C15H20N2O2/c1-10-6-7-12(9-11(10)2)14(18)17-13-5-3-4-8-16-15(13)19/h6-7,9,13H,3-5,8H2,1-2H3,(H,16,19)(H,17,18)/t13-/m0/s1. The van der Waals surface area contributed by atoms with Crippen LogP contribution < -0.4 is 10.6 Å². The van der Waals surface area contributed by atoms with Crippen LogP contribution in [-0.4, -0.2) is 24.4 Å². The zero-order chi connectivity index (χ0) is 13.8. The van der Waals surface area contributed by atoms with Crippen LogP contribution in [0.3, 0.4) is 0 Å². The molecule has 19 heavy (non-hydrogen) atoms. The fourth-order valence-corrected chi connectivity index (χ4v) is 2.20. The minimum absolute atomic E-state index is 0.0744. The highest BCUT2D eigenvalue weighted by Crippen LogP contribution is 2.11. The molecule has 2 N–H and O–H groups in total. The van der Waals surface area contributed by atoms with E-state index in [0.717, 1.165) is 24.0 Å². The molecule has 1 atom stereocenters. The lowest BCUT2D eigenvalue weighted by molar-refractivity contribution is -0.122. The lowest BCUT2D eigenvalue weighted by Crippen LogP contribution is -2.45. The van der Waals surface area contributed by atoms with Gasteiger partial charge in [0.25, 0.3) is 5.91 Å². The topological polar surface area (TPSA) is 58.2 Å². The predicted molar refractivity (Wildman–Crippen MR) is 74.0 cm³/mol. The van der Waals surface area contributed by atoms with E-state index in [1.165, 1.54) is 0 Å². The Kier molecular flexibility index (Phi) is 4.20. The van der Waals surface area contributed by atoms with E-state index < -0.39 is 6.04 Å². The normalized spacial score (nSPS) is 19.5. The van der Waals surface area contributed by atoms with Crippen molar-refractivity contribution >= 4 is 11.8 Å². The van der Waals surface area contributed by atoms with Crippen molar-refractivity contribution in [2.75, 3.05) is 6.54 Å². The van der Waals surface area contributed by atoms with Gasteiger partial charge in [-0.05, 0) is 56.4 Å². The van der Waals surface area contributed by atoms with Crippen LogP contribution in [-0.2, 0) is 4.79 Å². The van der Waals surface area contributed by atoms with Crippen molar-refractivity contribution in [2.24, 2.45) is 0 Å². The molecule has 1 aromatic carbocycles. The lowest BCUT2D eigenvalue weighted by atomic mass is 10.0. The van der Waals surface area contributed by atoms with Gasteiger partial charge in [0.2, 0.25) is 5.91 Å². The number of benzene rings is 1. The molecule has 1 aliphatic heterocycles. The average Bonchev–Trinajstić information content (AvgIpc) is 2.58. The van der Waals surface area contributed by atoms with Crippen molar-refractivity contribution in [3.8, 4) is 0 Å². The van der Waals surface area contributed by atoms with Gasteiger partial charge in [-0.25, -0.2) is 0 Å². The Morgan fingerprint density at radius 2 is 2.05 bits per heavy atom. The summed E-state index contributed by atoms with van der Waals surface area (Å²) in [4.78, 5) is 23.9. The van der Waals surface area contributed by atoms with Gasteiger partial charge in [0.15, 0.2) is 0 Å². The molecule has 4 heteroatoms. The molecule has 1 aliphatic rings. The van der Waals surface area contributed by atoms with E-state index in [2.05, 4.69) is 10.6 Å². The van der Waals surface area contributed by atoms with Crippen LogP contribution in [0.2, 0.25) is 0 Å². The van der Waals surface area contributed by atoms with Gasteiger partial charge in [0, 0.05) is 12.1 Å². The second-order valence-electron chi connectivity index (χ2n) is 5.11. The smallest absolute Gasteiger partial charge is 0.251 e. The molecule has 1 heterocycles. The minimum atomic E-state index is -0.406. The molecule has 0 bridgehead atoms. The molecular weight excluding hydrogens is 240 g/mol. The van der Waals surface area contributed by atoms with Crippen molar-refractivity contribution < 1.29 is 9.59 Å². The largest absolute Gasteiger partial charge is 0.354 e. The molecular formula is C15H20N2O2. The minimum Gasteiger partial charge on any atom is -0.354 e. The number of nitrogens with one attached hydrogen (secondary N) is 2. The van der Waals surface area contributed by atoms with Crippen molar-refractivity contribution in [1.29, 1.82) is 0 Å². The molecule has 0 aliphatic carbocycles. The van der Waals surface area contributed by atoms with Gasteiger partial charge < -0.3 is 10.6 Å². The summed E-state index contributed by atoms with van der Waals surface area (Å²) in [6, 6.07) is 5.18. The lowest BCUT2D eigenvalue weighted by Gasteiger charge is -2.15. The zero-order valence-corrected chi connectivity index (χ0v) is 11.5. The molecule has 4 nitrogen and oxygen atoms in total. The first-order valence-corrected chi connectivity index (χ1v) is 6.74. The van der Waals surface area contributed by atoms with E-state index in [9.17, 15) is 9.59 Å². The molecule has 1 saturated heterocycles. The van der Waals surface area contributed by atoms with E-state index in [-0.39, 0.29) is 11.8 Å². The first kappa shape index (κ1) is 13.6. The Balaban J connectivity index is 2.07. The van der Waals surface area contributed by atoms with Crippen LogP contribution >= 0.6 is 0 Å². The van der Waals surface area contributed by atoms with Crippen LogP contribution in [0.5, 0.6) is 0 Å². The maximum Gasteiger partial charge on any atom is 0.251 e. The van der Waals surface area contributed by atoms with Crippen LogP contribution in [0.25, 0.3) is 0 Å². The third-order valence-electron chi connectivity index (χ3n) is 3.61. The Bertz CT molecular complexity index is 497. The number of rotatable bonds is 2. The number of carbonyl (C=O) groups excluding carboxylic acids is 2. The quantitative estimate of drug-likeness (QED) is 0.850. The monoisotopic (exact) mass is 260 g/mol. The fraction of sp³-hybridized carbons (Fsp3) is 0.467. The summed E-state index contributed by atoms with van der Waals surface area (Å²) in [5, 5.41) is 5.64. The molecule has 0 saturated carbocycles. The zero-order valence-electron chi connectivity index (χ0n) is 11.5. The molecule has 0 radical (unpaired) electrons. The number of carbonyl (C=O) groups is 2. The van der Waals surface area contributed by atoms with Gasteiger partial charge in [-0.15, -0.1) is 0 Å². The number of amides is 2. The summed E-state index contributed by atoms with van der Waals surface area (Å²) < 4.78 is 0. The highest BCUT2D eigenvalue weighted by atomic mass is 16.2. The summed E-state index contributed by atoms with van der Waals surface area (Å²) in [7, 11) is 0. The molecule has 1 aromatic rings. The second-order valence-corrected chi connectivity index (χ2v) is 5.11. The van der Waals surface area contributed by atoms with Crippen molar-refractivity contribution in [3.05, 3.63) is 34.9 Å². The predicted octanol–water partition coefficient (Wildman–Crippen LogP) is 1.70. The van der Waals surface area contributed by atoms with Crippen LogP contribution in [0.1, 0.15) is 40.7 Å². The van der Waals surface area contributed by atoms with Crippen LogP contribution in [0, 0.1) is 13.8 Å². The van der Waals surface area contributed by atoms with Crippen molar-refractivity contribution in [2.45, 2.75) is 39.2 Å². The Labute approximate surface area is 113 Å². The molecule has 0 aromatic heterocycles. The SMILES string of the molecule is Cc1ccc(C(=O)N[C@H]2CCCCNC2=O)cc1C. The van der Waals surface area contributed by atoms with Gasteiger partial charge in [-0.2, -0.15) is 0 Å². The van der Waals surface area contributed by atoms with Crippen molar-refractivity contribution in [1.82, 2.24) is 10.6 Å². The van der Waals surface area contributed by atoms with Gasteiger partial charge in [0.1, 0.15) is 6.04 Å². The van der Waals surface area contributed by atoms with Crippen LogP contribution in [0.15, 0.2) is 18.2 Å². The van der Waals surface area contributed by atoms with Gasteiger partial charge in [0.05, 0.1) is 0 Å². The van der Waals surface area contributed by atoms with E-state index in [0.29, 0.717) is 18.5 Å². The van der Waals surface area contributed by atoms with Crippen molar-refractivity contribution in [3.63, 3.8) is 0 Å². The molecule has 0 spiro atoms. The summed E-state index contributed by atoms with van der Waals surface area (Å²) in [6.07, 6.45) is 2.64. The Morgan fingerprint density at radius 3 is 2.79 bits per heavy atom. The molecule has 1 fully saturated rings. The summed E-state index contributed by atoms with van der Waals surface area (Å²) >= 11 is 0. The number of hydrogen-bond donors (Lipinski definition) is 2. The highest BCUT2D eigenvalue weighted by Gasteiger charge is 2.22. The second kappa shape index (κ2) is 5.87. The molecule has 2 rings (SSSR count). The molecule has 0 unspecified atom stereocenters. The fourth-order valence-electron chi connectivity index (χ4n) is 2.20. The Morgan fingerprint density at radius 1 is 1.26 bits per heavy atom. The molecule has 2 amide bonds. The van der Waals surface area contributed by atoms with E-state index in [1.807, 2.05) is 26.0 Å². The van der Waals surface area contributed by atoms with E-state index in [4.69, 9.17) is 0 Å². The van der Waals surface area contributed by atoms with E-state index in [1.54, 1.807) is 6.07 Å². The first-order valence-electron chi connectivity index (χ1n) is 6.74.